The Kier molecular flexibility index (Phi) is 7.08. The van der Waals surface area contributed by atoms with Crippen molar-refractivity contribution in [1.29, 1.82) is 0 Å². The topological polar surface area (TPSA) is 95.7 Å². The quantitative estimate of drug-likeness (QED) is 0.710. The number of fused-ring (bicyclic) bond motifs is 1. The van der Waals surface area contributed by atoms with Crippen LogP contribution in [0.2, 0.25) is 0 Å². The van der Waals surface area contributed by atoms with Gasteiger partial charge in [-0.25, -0.2) is 0 Å². The number of carbonyl (C=O) groups excluding carboxylic acids is 3. The summed E-state index contributed by atoms with van der Waals surface area (Å²) in [6.45, 7) is 4.37. The SMILES string of the molecule is CC(=O)N1CCc2ccccc2C1CC(=O)Nc1ccccc1CN1CCCC(C(N)=O)C1. The molecule has 0 bridgehead atoms. The largest absolute Gasteiger partial charge is 0.369 e. The van der Waals surface area contributed by atoms with Crippen molar-refractivity contribution in [2.45, 2.75) is 45.2 Å². The van der Waals surface area contributed by atoms with Crippen molar-refractivity contribution in [3.8, 4) is 0 Å². The van der Waals surface area contributed by atoms with Crippen molar-refractivity contribution in [2.75, 3.05) is 25.0 Å². The van der Waals surface area contributed by atoms with Crippen LogP contribution in [0.3, 0.4) is 0 Å². The lowest BCUT2D eigenvalue weighted by atomic mass is 9.90. The maximum atomic E-state index is 13.1. The summed E-state index contributed by atoms with van der Waals surface area (Å²) in [5.41, 5.74) is 9.54. The lowest BCUT2D eigenvalue weighted by Crippen LogP contribution is -2.41. The summed E-state index contributed by atoms with van der Waals surface area (Å²) in [4.78, 5) is 41.0. The molecular weight excluding hydrogens is 416 g/mol. The van der Waals surface area contributed by atoms with E-state index in [1.54, 1.807) is 11.8 Å². The van der Waals surface area contributed by atoms with Gasteiger partial charge in [0, 0.05) is 32.2 Å². The van der Waals surface area contributed by atoms with Crippen molar-refractivity contribution in [3.05, 3.63) is 65.2 Å². The number of anilines is 1. The fourth-order valence-electron chi connectivity index (χ4n) is 5.08. The van der Waals surface area contributed by atoms with Gasteiger partial charge in [-0.15, -0.1) is 0 Å². The van der Waals surface area contributed by atoms with Gasteiger partial charge < -0.3 is 16.0 Å². The minimum atomic E-state index is -0.266. The summed E-state index contributed by atoms with van der Waals surface area (Å²) in [5.74, 6) is -0.505. The summed E-state index contributed by atoms with van der Waals surface area (Å²) in [6, 6.07) is 15.5. The molecule has 0 radical (unpaired) electrons. The van der Waals surface area contributed by atoms with E-state index in [2.05, 4.69) is 16.3 Å². The third kappa shape index (κ3) is 5.42. The van der Waals surface area contributed by atoms with E-state index in [0.717, 1.165) is 42.6 Å². The molecule has 0 saturated carbocycles. The van der Waals surface area contributed by atoms with E-state index in [4.69, 9.17) is 5.73 Å². The number of hydrogen-bond acceptors (Lipinski definition) is 4. The third-order valence-corrected chi connectivity index (χ3v) is 6.79. The van der Waals surface area contributed by atoms with Crippen LogP contribution < -0.4 is 11.1 Å². The number of hydrogen-bond donors (Lipinski definition) is 2. The molecule has 0 aromatic heterocycles. The van der Waals surface area contributed by atoms with Gasteiger partial charge >= 0.3 is 0 Å². The number of primary amides is 1. The number of likely N-dealkylation sites (tertiary alicyclic amines) is 1. The molecule has 4 rings (SSSR count). The number of rotatable bonds is 6. The van der Waals surface area contributed by atoms with E-state index in [1.165, 1.54) is 5.56 Å². The smallest absolute Gasteiger partial charge is 0.226 e. The predicted octanol–water partition coefficient (Wildman–Crippen LogP) is 2.86. The first-order valence-electron chi connectivity index (χ1n) is 11.7. The average molecular weight is 449 g/mol. The minimum Gasteiger partial charge on any atom is -0.369 e. The first-order chi connectivity index (χ1) is 15.9. The fraction of sp³-hybridized carbons (Fsp3) is 0.423. The molecule has 2 aromatic carbocycles. The molecular formula is C26H32N4O3. The maximum Gasteiger partial charge on any atom is 0.226 e. The van der Waals surface area contributed by atoms with E-state index in [1.807, 2.05) is 42.5 Å². The van der Waals surface area contributed by atoms with Crippen molar-refractivity contribution >= 4 is 23.4 Å². The first kappa shape index (κ1) is 23.0. The zero-order valence-corrected chi connectivity index (χ0v) is 19.1. The van der Waals surface area contributed by atoms with Gasteiger partial charge in [0.2, 0.25) is 17.7 Å². The maximum absolute atomic E-state index is 13.1. The number of nitrogens with one attached hydrogen (secondary N) is 1. The van der Waals surface area contributed by atoms with Crippen molar-refractivity contribution in [1.82, 2.24) is 9.80 Å². The van der Waals surface area contributed by atoms with Gasteiger partial charge in [-0.3, -0.25) is 19.3 Å². The Bertz CT molecular complexity index is 1040. The molecule has 1 fully saturated rings. The van der Waals surface area contributed by atoms with Crippen LogP contribution in [0.15, 0.2) is 48.5 Å². The van der Waals surface area contributed by atoms with E-state index in [-0.39, 0.29) is 36.1 Å². The Hall–Kier alpha value is -3.19. The molecule has 0 aliphatic carbocycles. The van der Waals surface area contributed by atoms with Crippen LogP contribution in [-0.4, -0.2) is 47.2 Å². The monoisotopic (exact) mass is 448 g/mol. The van der Waals surface area contributed by atoms with Crippen LogP contribution in [0.4, 0.5) is 5.69 Å². The number of carbonyl (C=O) groups is 3. The lowest BCUT2D eigenvalue weighted by Gasteiger charge is -2.36. The third-order valence-electron chi connectivity index (χ3n) is 6.79. The van der Waals surface area contributed by atoms with Crippen LogP contribution in [0.5, 0.6) is 0 Å². The molecule has 3 amide bonds. The zero-order chi connectivity index (χ0) is 23.4. The highest BCUT2D eigenvalue weighted by atomic mass is 16.2. The van der Waals surface area contributed by atoms with Gasteiger partial charge in [-0.05, 0) is 48.6 Å². The molecule has 2 unspecified atom stereocenters. The molecule has 2 aliphatic rings. The second kappa shape index (κ2) is 10.2. The summed E-state index contributed by atoms with van der Waals surface area (Å²) in [7, 11) is 0. The molecule has 33 heavy (non-hydrogen) atoms. The van der Waals surface area contributed by atoms with Gasteiger partial charge in [0.05, 0.1) is 18.4 Å². The average Bonchev–Trinajstić information content (AvgIpc) is 2.80. The summed E-state index contributed by atoms with van der Waals surface area (Å²) < 4.78 is 0. The normalized spacial score (nSPS) is 20.7. The summed E-state index contributed by atoms with van der Waals surface area (Å²) in [5, 5.41) is 3.08. The number of para-hydroxylation sites is 1. The van der Waals surface area contributed by atoms with Crippen LogP contribution in [0.25, 0.3) is 0 Å². The highest BCUT2D eigenvalue weighted by Gasteiger charge is 2.31. The Labute approximate surface area is 194 Å². The van der Waals surface area contributed by atoms with Gasteiger partial charge in [0.1, 0.15) is 0 Å². The number of nitrogens with two attached hydrogens (primary N) is 1. The molecule has 0 spiro atoms. The molecule has 2 heterocycles. The molecule has 7 nitrogen and oxygen atoms in total. The van der Waals surface area contributed by atoms with E-state index in [0.29, 0.717) is 19.6 Å². The minimum absolute atomic E-state index is 0.0168. The van der Waals surface area contributed by atoms with Crippen LogP contribution >= 0.6 is 0 Å². The number of nitrogens with zero attached hydrogens (tertiary/aromatic N) is 2. The van der Waals surface area contributed by atoms with Crippen LogP contribution in [0, 0.1) is 5.92 Å². The Morgan fingerprint density at radius 1 is 1.06 bits per heavy atom. The molecule has 174 valence electrons. The van der Waals surface area contributed by atoms with Crippen LogP contribution in [0.1, 0.15) is 48.9 Å². The molecule has 2 atom stereocenters. The Balaban J connectivity index is 1.47. The van der Waals surface area contributed by atoms with E-state index < -0.39 is 0 Å². The molecule has 2 aliphatic heterocycles. The van der Waals surface area contributed by atoms with Crippen molar-refractivity contribution in [2.24, 2.45) is 11.7 Å². The van der Waals surface area contributed by atoms with Gasteiger partial charge in [0.25, 0.3) is 0 Å². The van der Waals surface area contributed by atoms with Crippen molar-refractivity contribution < 1.29 is 14.4 Å². The van der Waals surface area contributed by atoms with E-state index in [9.17, 15) is 14.4 Å². The van der Waals surface area contributed by atoms with Gasteiger partial charge in [-0.2, -0.15) is 0 Å². The van der Waals surface area contributed by atoms with Crippen LogP contribution in [-0.2, 0) is 27.3 Å². The molecule has 1 saturated heterocycles. The number of benzene rings is 2. The standard InChI is InChI=1S/C26H32N4O3/c1-18(31)30-14-12-19-7-2-4-10-22(19)24(30)15-25(32)28-23-11-5-3-8-20(23)16-29-13-6-9-21(17-29)26(27)33/h2-5,7-8,10-11,21,24H,6,9,12-17H2,1H3,(H2,27,33)(H,28,32). The Morgan fingerprint density at radius 2 is 1.82 bits per heavy atom. The second-order valence-electron chi connectivity index (χ2n) is 9.06. The lowest BCUT2D eigenvalue weighted by molar-refractivity contribution is -0.132. The van der Waals surface area contributed by atoms with Gasteiger partial charge in [0.15, 0.2) is 0 Å². The molecule has 3 N–H and O–H groups in total. The molecule has 7 heteroatoms. The van der Waals surface area contributed by atoms with Crippen molar-refractivity contribution in [3.63, 3.8) is 0 Å². The number of amides is 3. The summed E-state index contributed by atoms with van der Waals surface area (Å²) in [6.07, 6.45) is 2.78. The Morgan fingerprint density at radius 3 is 2.61 bits per heavy atom. The van der Waals surface area contributed by atoms with E-state index >= 15 is 0 Å². The van der Waals surface area contributed by atoms with Gasteiger partial charge in [-0.1, -0.05) is 42.5 Å². The fourth-order valence-corrected chi connectivity index (χ4v) is 5.08. The number of piperidine rings is 1. The highest BCUT2D eigenvalue weighted by molar-refractivity contribution is 5.92. The summed E-state index contributed by atoms with van der Waals surface area (Å²) >= 11 is 0. The first-order valence-corrected chi connectivity index (χ1v) is 11.7. The second-order valence-corrected chi connectivity index (χ2v) is 9.06. The predicted molar refractivity (Wildman–Crippen MR) is 127 cm³/mol. The highest BCUT2D eigenvalue weighted by Crippen LogP contribution is 2.33. The zero-order valence-electron chi connectivity index (χ0n) is 19.1. The molecule has 2 aromatic rings.